The summed E-state index contributed by atoms with van der Waals surface area (Å²) in [7, 11) is 0. The van der Waals surface area contributed by atoms with E-state index in [1.807, 2.05) is 18.7 Å². The van der Waals surface area contributed by atoms with E-state index in [0.717, 1.165) is 42.1 Å². The Morgan fingerprint density at radius 1 is 1.21 bits per heavy atom. The second kappa shape index (κ2) is 6.92. The number of anilines is 1. The number of amides is 2. The molecule has 1 aromatic heterocycles. The maximum absolute atomic E-state index is 13.3. The Labute approximate surface area is 165 Å². The van der Waals surface area contributed by atoms with Crippen molar-refractivity contribution >= 4 is 28.8 Å². The van der Waals surface area contributed by atoms with E-state index in [9.17, 15) is 18.4 Å². The van der Waals surface area contributed by atoms with Crippen LogP contribution in [-0.2, 0) is 4.79 Å². The fourth-order valence-electron chi connectivity index (χ4n) is 4.10. The summed E-state index contributed by atoms with van der Waals surface area (Å²) in [6, 6.07) is 3.34. The molecule has 1 atom stereocenters. The van der Waals surface area contributed by atoms with E-state index in [-0.39, 0.29) is 28.8 Å². The molecule has 2 heterocycles. The first-order valence-electron chi connectivity index (χ1n) is 9.28. The van der Waals surface area contributed by atoms with Gasteiger partial charge in [0.25, 0.3) is 5.91 Å². The van der Waals surface area contributed by atoms with Gasteiger partial charge >= 0.3 is 0 Å². The molecular weight excluding hydrogens is 384 g/mol. The van der Waals surface area contributed by atoms with E-state index in [4.69, 9.17) is 0 Å². The third-order valence-corrected chi connectivity index (χ3v) is 6.90. The van der Waals surface area contributed by atoms with Crippen molar-refractivity contribution in [3.8, 4) is 0 Å². The van der Waals surface area contributed by atoms with Crippen molar-refractivity contribution in [1.82, 2.24) is 9.88 Å². The van der Waals surface area contributed by atoms with Crippen LogP contribution in [0.3, 0.4) is 0 Å². The van der Waals surface area contributed by atoms with Gasteiger partial charge in [-0.1, -0.05) is 0 Å². The number of hydrogen-bond acceptors (Lipinski definition) is 4. The molecule has 1 unspecified atom stereocenters. The molecule has 0 bridgehead atoms. The predicted molar refractivity (Wildman–Crippen MR) is 102 cm³/mol. The van der Waals surface area contributed by atoms with Gasteiger partial charge in [0.05, 0.1) is 10.7 Å². The number of benzene rings is 1. The van der Waals surface area contributed by atoms with Gasteiger partial charge in [-0.2, -0.15) is 0 Å². The second-order valence-electron chi connectivity index (χ2n) is 7.68. The second-order valence-corrected chi connectivity index (χ2v) is 8.88. The molecular formula is C20H21F2N3O2S. The molecule has 2 aliphatic rings. The van der Waals surface area contributed by atoms with Gasteiger partial charge < -0.3 is 10.2 Å². The molecule has 5 nitrogen and oxygen atoms in total. The van der Waals surface area contributed by atoms with E-state index in [1.54, 1.807) is 0 Å². The Hall–Kier alpha value is -2.35. The highest BCUT2D eigenvalue weighted by molar-refractivity contribution is 7.13. The van der Waals surface area contributed by atoms with Crippen LogP contribution in [0.5, 0.6) is 0 Å². The zero-order valence-corrected chi connectivity index (χ0v) is 16.5. The lowest BCUT2D eigenvalue weighted by molar-refractivity contribution is -0.118. The van der Waals surface area contributed by atoms with Gasteiger partial charge in [-0.15, -0.1) is 11.3 Å². The molecule has 8 heteroatoms. The number of aryl methyl sites for hydroxylation is 2. The van der Waals surface area contributed by atoms with Crippen LogP contribution in [0.4, 0.5) is 14.5 Å². The van der Waals surface area contributed by atoms with Gasteiger partial charge in [0.1, 0.15) is 4.88 Å². The van der Waals surface area contributed by atoms with Crippen LogP contribution in [0.2, 0.25) is 0 Å². The van der Waals surface area contributed by atoms with Crippen LogP contribution >= 0.6 is 11.3 Å². The van der Waals surface area contributed by atoms with Crippen LogP contribution in [-0.4, -0.2) is 34.8 Å². The first-order chi connectivity index (χ1) is 13.3. The number of thiazole rings is 1. The number of halogens is 2. The molecule has 2 aromatic rings. The molecule has 148 valence electrons. The Bertz CT molecular complexity index is 951. The third-order valence-electron chi connectivity index (χ3n) is 5.84. The fourth-order valence-corrected chi connectivity index (χ4v) is 4.99. The van der Waals surface area contributed by atoms with E-state index >= 15 is 0 Å². The summed E-state index contributed by atoms with van der Waals surface area (Å²) in [6.45, 7) is 4.97. The smallest absolute Gasteiger partial charge is 0.265 e. The summed E-state index contributed by atoms with van der Waals surface area (Å²) in [6.07, 6.45) is 2.31. The monoisotopic (exact) mass is 405 g/mol. The summed E-state index contributed by atoms with van der Waals surface area (Å²) in [5, 5.41) is 3.56. The quantitative estimate of drug-likeness (QED) is 0.842. The number of carbonyl (C=O) groups is 2. The van der Waals surface area contributed by atoms with Crippen molar-refractivity contribution in [1.29, 1.82) is 0 Å². The normalized spacial score (nSPS) is 20.3. The predicted octanol–water partition coefficient (Wildman–Crippen LogP) is 3.92. The summed E-state index contributed by atoms with van der Waals surface area (Å²) < 4.78 is 26.3. The summed E-state index contributed by atoms with van der Waals surface area (Å²) >= 11 is 1.42. The number of rotatable bonds is 3. The van der Waals surface area contributed by atoms with Crippen LogP contribution in [0.15, 0.2) is 18.2 Å². The van der Waals surface area contributed by atoms with Gasteiger partial charge in [-0.3, -0.25) is 9.59 Å². The molecule has 1 saturated heterocycles. The van der Waals surface area contributed by atoms with E-state index in [0.29, 0.717) is 18.0 Å². The molecule has 1 aliphatic carbocycles. The van der Waals surface area contributed by atoms with Crippen molar-refractivity contribution in [2.75, 3.05) is 18.4 Å². The number of aromatic nitrogens is 1. The number of carbonyl (C=O) groups excluding carboxylic acids is 2. The van der Waals surface area contributed by atoms with Crippen LogP contribution in [0, 0.1) is 36.8 Å². The molecule has 2 fully saturated rings. The van der Waals surface area contributed by atoms with Crippen LogP contribution in [0.1, 0.15) is 39.6 Å². The van der Waals surface area contributed by atoms with Gasteiger partial charge in [-0.05, 0) is 50.7 Å². The molecule has 1 aromatic carbocycles. The number of nitrogens with one attached hydrogen (secondary N) is 1. The number of hydrogen-bond donors (Lipinski definition) is 1. The lowest BCUT2D eigenvalue weighted by Crippen LogP contribution is -2.40. The van der Waals surface area contributed by atoms with Crippen molar-refractivity contribution in [2.45, 2.75) is 33.1 Å². The molecule has 4 rings (SSSR count). The highest BCUT2D eigenvalue weighted by Gasteiger charge is 2.58. The minimum Gasteiger partial charge on any atom is -0.338 e. The number of likely N-dealkylation sites (tertiary alicyclic amines) is 1. The minimum atomic E-state index is -0.983. The van der Waals surface area contributed by atoms with Crippen molar-refractivity contribution in [3.05, 3.63) is 45.4 Å². The Balaban J connectivity index is 1.35. The van der Waals surface area contributed by atoms with E-state index < -0.39 is 11.6 Å². The molecule has 1 N–H and O–H groups in total. The molecule has 1 saturated carbocycles. The SMILES string of the molecule is Cc1nc(C)c(C(=O)N2CCC3(CC2)CC3C(=O)Nc2ccc(F)c(F)c2)s1. The van der Waals surface area contributed by atoms with Crippen molar-refractivity contribution in [2.24, 2.45) is 11.3 Å². The van der Waals surface area contributed by atoms with Crippen LogP contribution in [0.25, 0.3) is 0 Å². The van der Waals surface area contributed by atoms with Crippen LogP contribution < -0.4 is 5.32 Å². The first-order valence-corrected chi connectivity index (χ1v) is 10.1. The maximum atomic E-state index is 13.3. The number of piperidine rings is 1. The molecule has 1 spiro atoms. The fraction of sp³-hybridized carbons (Fsp3) is 0.450. The highest BCUT2D eigenvalue weighted by atomic mass is 32.1. The summed E-state index contributed by atoms with van der Waals surface area (Å²) in [5.41, 5.74) is 0.940. The summed E-state index contributed by atoms with van der Waals surface area (Å²) in [5.74, 6) is -2.22. The Morgan fingerprint density at radius 3 is 2.54 bits per heavy atom. The summed E-state index contributed by atoms with van der Waals surface area (Å²) in [4.78, 5) is 32.1. The molecule has 0 radical (unpaired) electrons. The lowest BCUT2D eigenvalue weighted by Gasteiger charge is -2.32. The standard InChI is InChI=1S/C20H21F2N3O2S/c1-11-17(28-12(2)23-11)19(27)25-7-5-20(6-8-25)10-14(20)18(26)24-13-3-4-15(21)16(22)9-13/h3-4,9,14H,5-8,10H2,1-2H3,(H,24,26). The zero-order valence-electron chi connectivity index (χ0n) is 15.7. The van der Waals surface area contributed by atoms with Gasteiger partial charge in [0.2, 0.25) is 5.91 Å². The number of nitrogens with zero attached hydrogens (tertiary/aromatic N) is 2. The maximum Gasteiger partial charge on any atom is 0.265 e. The zero-order chi connectivity index (χ0) is 20.1. The first kappa shape index (κ1) is 19.0. The Kier molecular flexibility index (Phi) is 4.69. The molecule has 1 aliphatic heterocycles. The molecule has 2 amide bonds. The third kappa shape index (κ3) is 3.41. The van der Waals surface area contributed by atoms with Gasteiger partial charge in [0.15, 0.2) is 11.6 Å². The highest BCUT2D eigenvalue weighted by Crippen LogP contribution is 2.59. The largest absolute Gasteiger partial charge is 0.338 e. The molecule has 28 heavy (non-hydrogen) atoms. The average Bonchev–Trinajstić information content (AvgIpc) is 3.25. The van der Waals surface area contributed by atoms with Gasteiger partial charge in [-0.25, -0.2) is 13.8 Å². The Morgan fingerprint density at radius 2 is 1.93 bits per heavy atom. The topological polar surface area (TPSA) is 62.3 Å². The lowest BCUT2D eigenvalue weighted by atomic mass is 9.90. The average molecular weight is 405 g/mol. The van der Waals surface area contributed by atoms with Crippen molar-refractivity contribution < 1.29 is 18.4 Å². The van der Waals surface area contributed by atoms with Gasteiger partial charge in [0, 0.05) is 30.8 Å². The van der Waals surface area contributed by atoms with E-state index in [1.165, 1.54) is 17.4 Å². The van der Waals surface area contributed by atoms with E-state index in [2.05, 4.69) is 10.3 Å². The minimum absolute atomic E-state index is 0.0152. The van der Waals surface area contributed by atoms with Crippen molar-refractivity contribution in [3.63, 3.8) is 0 Å².